The standard InChI is InChI=1S/C18H24O/c19-17(11-10-14-6-2-1-3-7-14)13-16-12-15-8-4-5-9-18(15)16/h4-5,8-9,14,16H,1-3,6-7,10-13H2. The van der Waals surface area contributed by atoms with E-state index in [-0.39, 0.29) is 0 Å². The van der Waals surface area contributed by atoms with Crippen LogP contribution in [0, 0.1) is 5.92 Å². The van der Waals surface area contributed by atoms with E-state index in [4.69, 9.17) is 0 Å². The fourth-order valence-corrected chi connectivity index (χ4v) is 3.76. The molecule has 0 spiro atoms. The molecule has 0 bridgehead atoms. The van der Waals surface area contributed by atoms with E-state index in [1.54, 1.807) is 0 Å². The maximum Gasteiger partial charge on any atom is 0.133 e. The predicted molar refractivity (Wildman–Crippen MR) is 78.3 cm³/mol. The molecule has 0 heterocycles. The Bertz CT molecular complexity index is 443. The molecule has 0 N–H and O–H groups in total. The molecule has 1 aromatic rings. The van der Waals surface area contributed by atoms with Crippen molar-refractivity contribution in [2.24, 2.45) is 5.92 Å². The van der Waals surface area contributed by atoms with Gasteiger partial charge in [-0.05, 0) is 35.8 Å². The second-order valence-electron chi connectivity index (χ2n) is 6.39. The van der Waals surface area contributed by atoms with Gasteiger partial charge in [-0.25, -0.2) is 0 Å². The molecule has 0 saturated heterocycles. The molecule has 1 nitrogen and oxygen atoms in total. The van der Waals surface area contributed by atoms with Gasteiger partial charge >= 0.3 is 0 Å². The van der Waals surface area contributed by atoms with Crippen LogP contribution in [0.4, 0.5) is 0 Å². The molecular weight excluding hydrogens is 232 g/mol. The highest BCUT2D eigenvalue weighted by atomic mass is 16.1. The summed E-state index contributed by atoms with van der Waals surface area (Å²) in [6, 6.07) is 8.58. The highest BCUT2D eigenvalue weighted by Gasteiger charge is 2.27. The fourth-order valence-electron chi connectivity index (χ4n) is 3.76. The van der Waals surface area contributed by atoms with Crippen LogP contribution in [0.15, 0.2) is 24.3 Å². The second kappa shape index (κ2) is 5.90. The lowest BCUT2D eigenvalue weighted by Crippen LogP contribution is -2.20. The molecule has 0 radical (unpaired) electrons. The zero-order valence-corrected chi connectivity index (χ0v) is 11.7. The second-order valence-corrected chi connectivity index (χ2v) is 6.39. The van der Waals surface area contributed by atoms with Gasteiger partial charge in [0.15, 0.2) is 0 Å². The lowest BCUT2D eigenvalue weighted by molar-refractivity contribution is -0.119. The molecule has 1 saturated carbocycles. The zero-order chi connectivity index (χ0) is 13.1. The lowest BCUT2D eigenvalue weighted by atomic mass is 9.74. The van der Waals surface area contributed by atoms with Crippen molar-refractivity contribution in [3.63, 3.8) is 0 Å². The molecule has 1 aromatic carbocycles. The van der Waals surface area contributed by atoms with E-state index >= 15 is 0 Å². The maximum absolute atomic E-state index is 12.1. The van der Waals surface area contributed by atoms with Gasteiger partial charge in [0.1, 0.15) is 5.78 Å². The minimum absolute atomic E-state index is 0.491. The Morgan fingerprint density at radius 1 is 1.11 bits per heavy atom. The van der Waals surface area contributed by atoms with E-state index in [1.807, 2.05) is 0 Å². The smallest absolute Gasteiger partial charge is 0.133 e. The van der Waals surface area contributed by atoms with Gasteiger partial charge in [0.05, 0.1) is 0 Å². The van der Waals surface area contributed by atoms with E-state index in [9.17, 15) is 4.79 Å². The fraction of sp³-hybridized carbons (Fsp3) is 0.611. The first-order valence-corrected chi connectivity index (χ1v) is 7.92. The predicted octanol–water partition coefficient (Wildman–Crippen LogP) is 4.65. The van der Waals surface area contributed by atoms with Gasteiger partial charge in [-0.2, -0.15) is 0 Å². The molecule has 1 atom stereocenters. The summed E-state index contributed by atoms with van der Waals surface area (Å²) in [6.45, 7) is 0. The molecule has 1 fully saturated rings. The summed E-state index contributed by atoms with van der Waals surface area (Å²) in [5.74, 6) is 1.85. The first-order chi connectivity index (χ1) is 9.33. The van der Waals surface area contributed by atoms with Crippen LogP contribution in [0.1, 0.15) is 68.4 Å². The van der Waals surface area contributed by atoms with Crippen LogP contribution < -0.4 is 0 Å². The molecule has 1 heteroatoms. The van der Waals surface area contributed by atoms with Crippen molar-refractivity contribution in [3.05, 3.63) is 35.4 Å². The van der Waals surface area contributed by atoms with Gasteiger partial charge in [-0.1, -0.05) is 56.4 Å². The number of fused-ring (bicyclic) bond motifs is 1. The number of carbonyl (C=O) groups is 1. The number of rotatable bonds is 5. The van der Waals surface area contributed by atoms with Crippen molar-refractivity contribution in [1.82, 2.24) is 0 Å². The monoisotopic (exact) mass is 256 g/mol. The molecule has 102 valence electrons. The Morgan fingerprint density at radius 3 is 2.68 bits per heavy atom. The third-order valence-corrected chi connectivity index (χ3v) is 4.99. The van der Waals surface area contributed by atoms with Gasteiger partial charge < -0.3 is 0 Å². The molecule has 1 unspecified atom stereocenters. The normalized spacial score (nSPS) is 22.6. The van der Waals surface area contributed by atoms with Crippen LogP contribution in [0.25, 0.3) is 0 Å². The number of hydrogen-bond donors (Lipinski definition) is 0. The summed E-state index contributed by atoms with van der Waals surface area (Å²) >= 11 is 0. The third-order valence-electron chi connectivity index (χ3n) is 4.99. The summed E-state index contributed by atoms with van der Waals surface area (Å²) in [4.78, 5) is 12.1. The van der Waals surface area contributed by atoms with Crippen LogP contribution in [0.2, 0.25) is 0 Å². The van der Waals surface area contributed by atoms with Crippen molar-refractivity contribution in [2.45, 2.75) is 63.7 Å². The number of Topliss-reactive ketones (excluding diaryl/α,β-unsaturated/α-hetero) is 1. The Balaban J connectivity index is 1.43. The maximum atomic E-state index is 12.1. The van der Waals surface area contributed by atoms with Crippen molar-refractivity contribution < 1.29 is 4.79 Å². The minimum atomic E-state index is 0.491. The van der Waals surface area contributed by atoms with Crippen molar-refractivity contribution in [3.8, 4) is 0 Å². The molecule has 0 aromatic heterocycles. The van der Waals surface area contributed by atoms with Gasteiger partial charge in [-0.15, -0.1) is 0 Å². The molecule has 3 rings (SSSR count). The minimum Gasteiger partial charge on any atom is -0.300 e. The average Bonchev–Trinajstić information content (AvgIpc) is 2.44. The summed E-state index contributed by atoms with van der Waals surface area (Å²) in [5, 5.41) is 0. The Kier molecular flexibility index (Phi) is 4.00. The first kappa shape index (κ1) is 12.9. The quantitative estimate of drug-likeness (QED) is 0.749. The molecule has 2 aliphatic rings. The van der Waals surface area contributed by atoms with Gasteiger partial charge in [0.2, 0.25) is 0 Å². The van der Waals surface area contributed by atoms with Crippen LogP contribution in [0.3, 0.4) is 0 Å². The largest absolute Gasteiger partial charge is 0.300 e. The van der Waals surface area contributed by atoms with Gasteiger partial charge in [0.25, 0.3) is 0 Å². The Morgan fingerprint density at radius 2 is 1.89 bits per heavy atom. The third kappa shape index (κ3) is 3.08. The lowest BCUT2D eigenvalue weighted by Gasteiger charge is -2.29. The number of benzene rings is 1. The van der Waals surface area contributed by atoms with Crippen LogP contribution in [-0.4, -0.2) is 5.78 Å². The number of carbonyl (C=O) groups excluding carboxylic acids is 1. The van der Waals surface area contributed by atoms with Crippen LogP contribution in [-0.2, 0) is 11.2 Å². The van der Waals surface area contributed by atoms with E-state index in [0.717, 1.165) is 31.6 Å². The Hall–Kier alpha value is -1.11. The first-order valence-electron chi connectivity index (χ1n) is 7.92. The van der Waals surface area contributed by atoms with E-state index in [0.29, 0.717) is 11.7 Å². The van der Waals surface area contributed by atoms with Gasteiger partial charge in [0, 0.05) is 12.8 Å². The van der Waals surface area contributed by atoms with Gasteiger partial charge in [-0.3, -0.25) is 4.79 Å². The summed E-state index contributed by atoms with van der Waals surface area (Å²) in [5.41, 5.74) is 2.88. The van der Waals surface area contributed by atoms with Crippen LogP contribution in [0.5, 0.6) is 0 Å². The Labute approximate surface area is 116 Å². The number of ketones is 1. The number of hydrogen-bond acceptors (Lipinski definition) is 1. The summed E-state index contributed by atoms with van der Waals surface area (Å²) < 4.78 is 0. The highest BCUT2D eigenvalue weighted by Crippen LogP contribution is 2.38. The van der Waals surface area contributed by atoms with Crippen LogP contribution >= 0.6 is 0 Å². The van der Waals surface area contributed by atoms with E-state index < -0.39 is 0 Å². The zero-order valence-electron chi connectivity index (χ0n) is 11.7. The van der Waals surface area contributed by atoms with Crippen molar-refractivity contribution >= 4 is 5.78 Å². The molecule has 2 aliphatic carbocycles. The molecule has 0 amide bonds. The average molecular weight is 256 g/mol. The summed E-state index contributed by atoms with van der Waals surface area (Å²) in [6.07, 6.45) is 10.8. The molecule has 0 aliphatic heterocycles. The molecule has 19 heavy (non-hydrogen) atoms. The SMILES string of the molecule is O=C(CCC1CCCCC1)CC1Cc2ccccc21. The topological polar surface area (TPSA) is 17.1 Å². The van der Waals surface area contributed by atoms with E-state index in [2.05, 4.69) is 24.3 Å². The summed E-state index contributed by atoms with van der Waals surface area (Å²) in [7, 11) is 0. The highest BCUT2D eigenvalue weighted by molar-refractivity contribution is 5.79. The molecular formula is C18H24O. The van der Waals surface area contributed by atoms with Crippen molar-refractivity contribution in [2.75, 3.05) is 0 Å². The van der Waals surface area contributed by atoms with E-state index in [1.165, 1.54) is 43.2 Å². The van der Waals surface area contributed by atoms with Crippen molar-refractivity contribution in [1.29, 1.82) is 0 Å².